The number of hydrogen-bond acceptors (Lipinski definition) is 2. The Morgan fingerprint density at radius 3 is 2.77 bits per heavy atom. The number of primary amides is 1. The number of carbonyl (C=O) groups excluding carboxylic acids is 1. The first-order valence-electron chi connectivity index (χ1n) is 4.33. The second-order valence-corrected chi connectivity index (χ2v) is 3.54. The zero-order chi connectivity index (χ0) is 9.84. The molecule has 13 heavy (non-hydrogen) atoms. The lowest BCUT2D eigenvalue weighted by Crippen LogP contribution is -2.11. The van der Waals surface area contributed by atoms with Crippen LogP contribution in [0.4, 0.5) is 0 Å². The van der Waals surface area contributed by atoms with E-state index < -0.39 is 5.91 Å². The third kappa shape index (κ3) is 2.86. The van der Waals surface area contributed by atoms with Gasteiger partial charge >= 0.3 is 0 Å². The summed E-state index contributed by atoms with van der Waals surface area (Å²) in [5, 5.41) is 0. The number of carbonyl (C=O) groups is 1. The van der Waals surface area contributed by atoms with Crippen LogP contribution in [-0.2, 0) is 6.42 Å². The normalized spacial score (nSPS) is 10.4. The molecule has 1 amide bonds. The first-order chi connectivity index (χ1) is 6.09. The molecule has 70 valence electrons. The van der Waals surface area contributed by atoms with Gasteiger partial charge in [-0.1, -0.05) is 13.8 Å². The maximum absolute atomic E-state index is 10.8. The molecule has 1 aromatic rings. The summed E-state index contributed by atoms with van der Waals surface area (Å²) in [4.78, 5) is 14.8. The maximum atomic E-state index is 10.8. The van der Waals surface area contributed by atoms with E-state index in [1.54, 1.807) is 12.3 Å². The van der Waals surface area contributed by atoms with Gasteiger partial charge in [-0.2, -0.15) is 0 Å². The lowest BCUT2D eigenvalue weighted by atomic mass is 10.0. The van der Waals surface area contributed by atoms with E-state index in [1.165, 1.54) is 6.20 Å². The third-order valence-corrected chi connectivity index (χ3v) is 1.72. The quantitative estimate of drug-likeness (QED) is 0.760. The molecule has 0 saturated carbocycles. The molecule has 3 nitrogen and oxygen atoms in total. The van der Waals surface area contributed by atoms with Gasteiger partial charge in [-0.3, -0.25) is 9.78 Å². The van der Waals surface area contributed by atoms with Gasteiger partial charge in [0.2, 0.25) is 5.91 Å². The predicted octanol–water partition coefficient (Wildman–Crippen LogP) is 1.38. The molecule has 0 aliphatic carbocycles. The van der Waals surface area contributed by atoms with E-state index >= 15 is 0 Å². The SMILES string of the molecule is CC(C)Cc1cncc(C(N)=O)c1. The molecule has 0 spiro atoms. The van der Waals surface area contributed by atoms with Crippen molar-refractivity contribution in [3.05, 3.63) is 29.6 Å². The van der Waals surface area contributed by atoms with Crippen LogP contribution >= 0.6 is 0 Å². The van der Waals surface area contributed by atoms with E-state index in [9.17, 15) is 4.79 Å². The van der Waals surface area contributed by atoms with Gasteiger partial charge in [-0.25, -0.2) is 0 Å². The van der Waals surface area contributed by atoms with Crippen molar-refractivity contribution in [2.45, 2.75) is 20.3 Å². The van der Waals surface area contributed by atoms with E-state index in [2.05, 4.69) is 18.8 Å². The Hall–Kier alpha value is -1.38. The van der Waals surface area contributed by atoms with Gasteiger partial charge in [0, 0.05) is 12.4 Å². The van der Waals surface area contributed by atoms with Gasteiger partial charge in [0.25, 0.3) is 0 Å². The Kier molecular flexibility index (Phi) is 3.01. The van der Waals surface area contributed by atoms with Crippen LogP contribution in [0.2, 0.25) is 0 Å². The summed E-state index contributed by atoms with van der Waals surface area (Å²) in [5.74, 6) is 0.142. The molecule has 0 radical (unpaired) electrons. The van der Waals surface area contributed by atoms with Gasteiger partial charge in [0.05, 0.1) is 5.56 Å². The summed E-state index contributed by atoms with van der Waals surface area (Å²) in [7, 11) is 0. The van der Waals surface area contributed by atoms with Crippen molar-refractivity contribution < 1.29 is 4.79 Å². The summed E-state index contributed by atoms with van der Waals surface area (Å²) in [5.41, 5.74) is 6.68. The molecule has 3 heteroatoms. The standard InChI is InChI=1S/C10H14N2O/c1-7(2)3-8-4-9(10(11)13)6-12-5-8/h4-7H,3H2,1-2H3,(H2,11,13). The van der Waals surface area contributed by atoms with Gasteiger partial charge < -0.3 is 5.73 Å². The minimum Gasteiger partial charge on any atom is -0.366 e. The lowest BCUT2D eigenvalue weighted by Gasteiger charge is -2.04. The first-order valence-corrected chi connectivity index (χ1v) is 4.33. The maximum Gasteiger partial charge on any atom is 0.250 e. The Morgan fingerprint density at radius 1 is 1.54 bits per heavy atom. The number of amides is 1. The van der Waals surface area contributed by atoms with Gasteiger partial charge in [0.1, 0.15) is 0 Å². The van der Waals surface area contributed by atoms with Crippen molar-refractivity contribution in [3.8, 4) is 0 Å². The molecule has 0 unspecified atom stereocenters. The van der Waals surface area contributed by atoms with Crippen molar-refractivity contribution in [3.63, 3.8) is 0 Å². The molecule has 0 bridgehead atoms. The second-order valence-electron chi connectivity index (χ2n) is 3.54. The number of pyridine rings is 1. The van der Waals surface area contributed by atoms with Crippen molar-refractivity contribution in [1.29, 1.82) is 0 Å². The molecular weight excluding hydrogens is 164 g/mol. The molecule has 0 aliphatic heterocycles. The van der Waals surface area contributed by atoms with Crippen LogP contribution in [0.3, 0.4) is 0 Å². The van der Waals surface area contributed by atoms with Crippen LogP contribution in [0.5, 0.6) is 0 Å². The predicted molar refractivity (Wildman–Crippen MR) is 51.3 cm³/mol. The Bertz CT molecular complexity index is 308. The summed E-state index contributed by atoms with van der Waals surface area (Å²) >= 11 is 0. The number of hydrogen-bond donors (Lipinski definition) is 1. The molecule has 1 rings (SSSR count). The van der Waals surface area contributed by atoms with Crippen LogP contribution in [0.1, 0.15) is 29.8 Å². The molecule has 0 aromatic carbocycles. The van der Waals surface area contributed by atoms with E-state index in [0.29, 0.717) is 11.5 Å². The van der Waals surface area contributed by atoms with E-state index in [4.69, 9.17) is 5.73 Å². The number of aromatic nitrogens is 1. The molecule has 1 heterocycles. The molecule has 0 saturated heterocycles. The highest BCUT2D eigenvalue weighted by molar-refractivity contribution is 5.92. The fourth-order valence-corrected chi connectivity index (χ4v) is 1.21. The average Bonchev–Trinajstić information content (AvgIpc) is 2.03. The first kappa shape index (κ1) is 9.71. The van der Waals surface area contributed by atoms with E-state index in [-0.39, 0.29) is 0 Å². The Morgan fingerprint density at radius 2 is 2.23 bits per heavy atom. The summed E-state index contributed by atoms with van der Waals surface area (Å²) in [6.07, 6.45) is 4.19. The fourth-order valence-electron chi connectivity index (χ4n) is 1.21. The summed E-state index contributed by atoms with van der Waals surface area (Å²) < 4.78 is 0. The Balaban J connectivity index is 2.85. The fraction of sp³-hybridized carbons (Fsp3) is 0.400. The Labute approximate surface area is 78.0 Å². The van der Waals surface area contributed by atoms with Gasteiger partial charge in [0.15, 0.2) is 0 Å². The minimum atomic E-state index is -0.418. The van der Waals surface area contributed by atoms with Crippen LogP contribution in [0, 0.1) is 5.92 Å². The third-order valence-electron chi connectivity index (χ3n) is 1.72. The minimum absolute atomic E-state index is 0.418. The second kappa shape index (κ2) is 4.03. The van der Waals surface area contributed by atoms with Crippen molar-refractivity contribution in [2.24, 2.45) is 11.7 Å². The molecule has 2 N–H and O–H groups in total. The largest absolute Gasteiger partial charge is 0.366 e. The lowest BCUT2D eigenvalue weighted by molar-refractivity contribution is 0.1000. The van der Waals surface area contributed by atoms with Gasteiger partial charge in [-0.15, -0.1) is 0 Å². The molecule has 1 aromatic heterocycles. The molecule has 0 fully saturated rings. The van der Waals surface area contributed by atoms with Crippen molar-refractivity contribution >= 4 is 5.91 Å². The van der Waals surface area contributed by atoms with Crippen molar-refractivity contribution in [1.82, 2.24) is 4.98 Å². The highest BCUT2D eigenvalue weighted by Gasteiger charge is 2.03. The van der Waals surface area contributed by atoms with Crippen LogP contribution in [0.25, 0.3) is 0 Å². The number of rotatable bonds is 3. The summed E-state index contributed by atoms with van der Waals surface area (Å²) in [6.45, 7) is 4.24. The van der Waals surface area contributed by atoms with E-state index in [0.717, 1.165) is 12.0 Å². The zero-order valence-corrected chi connectivity index (χ0v) is 7.95. The number of nitrogens with zero attached hydrogens (tertiary/aromatic N) is 1. The van der Waals surface area contributed by atoms with Gasteiger partial charge in [-0.05, 0) is 24.0 Å². The molecule has 0 atom stereocenters. The smallest absolute Gasteiger partial charge is 0.250 e. The van der Waals surface area contributed by atoms with E-state index in [1.807, 2.05) is 0 Å². The highest BCUT2D eigenvalue weighted by Crippen LogP contribution is 2.08. The van der Waals surface area contributed by atoms with Crippen LogP contribution in [-0.4, -0.2) is 10.9 Å². The monoisotopic (exact) mass is 178 g/mol. The van der Waals surface area contributed by atoms with Crippen molar-refractivity contribution in [2.75, 3.05) is 0 Å². The zero-order valence-electron chi connectivity index (χ0n) is 7.95. The average molecular weight is 178 g/mol. The highest BCUT2D eigenvalue weighted by atomic mass is 16.1. The van der Waals surface area contributed by atoms with Crippen LogP contribution < -0.4 is 5.73 Å². The van der Waals surface area contributed by atoms with Crippen LogP contribution in [0.15, 0.2) is 18.5 Å². The molecular formula is C10H14N2O. The number of nitrogens with two attached hydrogens (primary N) is 1. The summed E-state index contributed by atoms with van der Waals surface area (Å²) in [6, 6.07) is 1.80. The molecule has 0 aliphatic rings. The topological polar surface area (TPSA) is 56.0 Å².